The largest absolute Gasteiger partial charge is 0.381 e. The molecule has 1 unspecified atom stereocenters. The van der Waals surface area contributed by atoms with Crippen LogP contribution < -0.4 is 10.5 Å². The Labute approximate surface area is 179 Å². The second-order valence-corrected chi connectivity index (χ2v) is 9.26. The lowest BCUT2D eigenvalue weighted by Gasteiger charge is -2.12. The molecule has 3 N–H and O–H groups in total. The van der Waals surface area contributed by atoms with Gasteiger partial charge in [-0.05, 0) is 30.2 Å². The maximum Gasteiger partial charge on any atom is 0.238 e. The monoisotopic (exact) mass is 448 g/mol. The number of nitrogens with one attached hydrogen (secondary N) is 1. The van der Waals surface area contributed by atoms with Crippen LogP contribution in [0.1, 0.15) is 12.0 Å². The number of anilines is 1. The Hall–Kier alpha value is -2.46. The molecule has 1 fully saturated rings. The molecular formula is C20H21ClN4O4S. The Morgan fingerprint density at radius 1 is 1.33 bits per heavy atom. The van der Waals surface area contributed by atoms with E-state index in [0.717, 1.165) is 6.42 Å². The minimum atomic E-state index is -4.02. The standard InChI is InChI=1S/C20H21ClN4O4S/c21-17-4-2-1-3-14(17)7-20(26)24-15-8-18-16(19(9-15)30(22,27)28)10-23-25(18)11-13-5-6-29-12-13/h1-4,8-10,13H,5-7,11-12H2,(H,24,26)(H2,22,27,28). The van der Waals surface area contributed by atoms with E-state index in [4.69, 9.17) is 21.5 Å². The van der Waals surface area contributed by atoms with Crippen LogP contribution in [-0.4, -0.2) is 37.3 Å². The quantitative estimate of drug-likeness (QED) is 0.601. The highest BCUT2D eigenvalue weighted by Crippen LogP contribution is 2.28. The highest BCUT2D eigenvalue weighted by atomic mass is 35.5. The van der Waals surface area contributed by atoms with Crippen LogP contribution in [-0.2, 0) is 32.5 Å². The van der Waals surface area contributed by atoms with Gasteiger partial charge in [-0.15, -0.1) is 0 Å². The summed E-state index contributed by atoms with van der Waals surface area (Å²) in [6, 6.07) is 10.1. The molecule has 1 amide bonds. The number of aromatic nitrogens is 2. The highest BCUT2D eigenvalue weighted by molar-refractivity contribution is 7.89. The molecule has 2 aromatic carbocycles. The fourth-order valence-corrected chi connectivity index (χ4v) is 4.55. The molecule has 10 heteroatoms. The molecule has 0 bridgehead atoms. The number of sulfonamides is 1. The average Bonchev–Trinajstić information content (AvgIpc) is 3.33. The lowest BCUT2D eigenvalue weighted by Crippen LogP contribution is -2.17. The van der Waals surface area contributed by atoms with Crippen molar-refractivity contribution in [3.8, 4) is 0 Å². The lowest BCUT2D eigenvalue weighted by atomic mass is 10.1. The van der Waals surface area contributed by atoms with Crippen LogP contribution in [0.4, 0.5) is 5.69 Å². The Morgan fingerprint density at radius 2 is 2.13 bits per heavy atom. The molecule has 1 atom stereocenters. The van der Waals surface area contributed by atoms with Gasteiger partial charge in [-0.25, -0.2) is 13.6 Å². The van der Waals surface area contributed by atoms with Crippen molar-refractivity contribution in [2.24, 2.45) is 11.1 Å². The van der Waals surface area contributed by atoms with E-state index >= 15 is 0 Å². The first-order valence-electron chi connectivity index (χ1n) is 9.44. The predicted molar refractivity (Wildman–Crippen MR) is 114 cm³/mol. The number of benzene rings is 2. The molecule has 1 aliphatic heterocycles. The van der Waals surface area contributed by atoms with Gasteiger partial charge in [0.25, 0.3) is 0 Å². The predicted octanol–water partition coefficient (Wildman–Crippen LogP) is 2.55. The third-order valence-electron chi connectivity index (χ3n) is 5.08. The van der Waals surface area contributed by atoms with Gasteiger partial charge in [0, 0.05) is 35.2 Å². The lowest BCUT2D eigenvalue weighted by molar-refractivity contribution is -0.115. The fraction of sp³-hybridized carbons (Fsp3) is 0.300. The molecule has 1 aromatic heterocycles. The summed E-state index contributed by atoms with van der Waals surface area (Å²) < 4.78 is 31.5. The van der Waals surface area contributed by atoms with Gasteiger partial charge in [0.1, 0.15) is 0 Å². The third-order valence-corrected chi connectivity index (χ3v) is 6.40. The molecule has 0 aliphatic carbocycles. The number of hydrogen-bond donors (Lipinski definition) is 2. The third kappa shape index (κ3) is 4.49. The second kappa shape index (κ2) is 8.35. The van der Waals surface area contributed by atoms with Crippen LogP contribution >= 0.6 is 11.6 Å². The number of primary sulfonamides is 1. The second-order valence-electron chi connectivity index (χ2n) is 7.32. The summed E-state index contributed by atoms with van der Waals surface area (Å²) in [7, 11) is -4.02. The number of halogens is 1. The van der Waals surface area contributed by atoms with E-state index in [1.165, 1.54) is 12.3 Å². The minimum Gasteiger partial charge on any atom is -0.381 e. The van der Waals surface area contributed by atoms with E-state index in [1.807, 2.05) is 0 Å². The zero-order valence-corrected chi connectivity index (χ0v) is 17.6. The number of amides is 1. The molecule has 1 aliphatic rings. The minimum absolute atomic E-state index is 0.0566. The number of ether oxygens (including phenoxy) is 1. The smallest absolute Gasteiger partial charge is 0.238 e. The van der Waals surface area contributed by atoms with Crippen LogP contribution in [0.3, 0.4) is 0 Å². The molecule has 0 radical (unpaired) electrons. The van der Waals surface area contributed by atoms with Gasteiger partial charge in [-0.1, -0.05) is 29.8 Å². The zero-order valence-electron chi connectivity index (χ0n) is 16.0. The van der Waals surface area contributed by atoms with Crippen molar-refractivity contribution < 1.29 is 17.9 Å². The van der Waals surface area contributed by atoms with Crippen molar-refractivity contribution in [3.63, 3.8) is 0 Å². The van der Waals surface area contributed by atoms with Crippen LogP contribution in [0, 0.1) is 5.92 Å². The number of fused-ring (bicyclic) bond motifs is 1. The zero-order chi connectivity index (χ0) is 21.3. The van der Waals surface area contributed by atoms with E-state index in [9.17, 15) is 13.2 Å². The maximum absolute atomic E-state index is 12.5. The van der Waals surface area contributed by atoms with Crippen molar-refractivity contribution in [3.05, 3.63) is 53.2 Å². The van der Waals surface area contributed by atoms with Gasteiger partial charge in [0.2, 0.25) is 15.9 Å². The highest BCUT2D eigenvalue weighted by Gasteiger charge is 2.21. The summed E-state index contributed by atoms with van der Waals surface area (Å²) in [6.45, 7) is 1.93. The molecular weight excluding hydrogens is 428 g/mol. The fourth-order valence-electron chi connectivity index (χ4n) is 3.59. The number of hydrogen-bond acceptors (Lipinski definition) is 5. The molecule has 4 rings (SSSR count). The molecule has 30 heavy (non-hydrogen) atoms. The molecule has 1 saturated heterocycles. The SMILES string of the molecule is NS(=O)(=O)c1cc(NC(=O)Cc2ccccc2Cl)cc2c1cnn2CC1CCOC1. The molecule has 0 saturated carbocycles. The van der Waals surface area contributed by atoms with Crippen LogP contribution in [0.25, 0.3) is 10.9 Å². The summed E-state index contributed by atoms with van der Waals surface area (Å²) in [4.78, 5) is 12.5. The first kappa shape index (κ1) is 20.8. The Morgan fingerprint density at radius 3 is 2.83 bits per heavy atom. The van der Waals surface area contributed by atoms with Crippen LogP contribution in [0.5, 0.6) is 0 Å². The van der Waals surface area contributed by atoms with Crippen molar-refractivity contribution in [1.82, 2.24) is 9.78 Å². The number of rotatable bonds is 6. The number of nitrogens with zero attached hydrogens (tertiary/aromatic N) is 2. The summed E-state index contributed by atoms with van der Waals surface area (Å²) in [5.74, 6) is -0.0254. The van der Waals surface area contributed by atoms with Crippen molar-refractivity contribution >= 4 is 44.1 Å². The van der Waals surface area contributed by atoms with Gasteiger partial charge in [-0.3, -0.25) is 9.48 Å². The summed E-state index contributed by atoms with van der Waals surface area (Å²) in [5, 5.41) is 13.4. The maximum atomic E-state index is 12.5. The number of nitrogens with two attached hydrogens (primary N) is 1. The van der Waals surface area contributed by atoms with Gasteiger partial charge >= 0.3 is 0 Å². The van der Waals surface area contributed by atoms with Crippen molar-refractivity contribution in [1.29, 1.82) is 0 Å². The normalized spacial score (nSPS) is 16.8. The summed E-state index contributed by atoms with van der Waals surface area (Å²) in [6.07, 6.45) is 2.46. The molecule has 8 nitrogen and oxygen atoms in total. The van der Waals surface area contributed by atoms with E-state index < -0.39 is 10.0 Å². The van der Waals surface area contributed by atoms with Crippen molar-refractivity contribution in [2.75, 3.05) is 18.5 Å². The van der Waals surface area contributed by atoms with E-state index in [-0.39, 0.29) is 17.2 Å². The van der Waals surface area contributed by atoms with E-state index in [2.05, 4.69) is 10.4 Å². The molecule has 3 aromatic rings. The van der Waals surface area contributed by atoms with E-state index in [0.29, 0.717) is 52.9 Å². The summed E-state index contributed by atoms with van der Waals surface area (Å²) in [5.41, 5.74) is 1.59. The molecule has 2 heterocycles. The van der Waals surface area contributed by atoms with E-state index in [1.54, 1.807) is 35.0 Å². The van der Waals surface area contributed by atoms with Crippen LogP contribution in [0.15, 0.2) is 47.5 Å². The number of carbonyl (C=O) groups is 1. The Bertz CT molecular complexity index is 1200. The van der Waals surface area contributed by atoms with Crippen LogP contribution in [0.2, 0.25) is 5.02 Å². The van der Waals surface area contributed by atoms with Gasteiger partial charge in [0.15, 0.2) is 0 Å². The topological polar surface area (TPSA) is 116 Å². The first-order valence-corrected chi connectivity index (χ1v) is 11.4. The average molecular weight is 449 g/mol. The Kier molecular flexibility index (Phi) is 5.79. The Balaban J connectivity index is 1.66. The van der Waals surface area contributed by atoms with Gasteiger partial charge in [0.05, 0.1) is 29.6 Å². The molecule has 0 spiro atoms. The van der Waals surface area contributed by atoms with Crippen molar-refractivity contribution in [2.45, 2.75) is 24.3 Å². The van der Waals surface area contributed by atoms with Gasteiger partial charge in [-0.2, -0.15) is 5.10 Å². The number of carbonyl (C=O) groups excluding carboxylic acids is 1. The molecule has 158 valence electrons. The first-order chi connectivity index (χ1) is 14.3. The summed E-state index contributed by atoms with van der Waals surface area (Å²) >= 11 is 6.12. The van der Waals surface area contributed by atoms with Gasteiger partial charge < -0.3 is 10.1 Å².